The zero-order valence-electron chi connectivity index (χ0n) is 15.3. The quantitative estimate of drug-likeness (QED) is 0.405. The van der Waals surface area contributed by atoms with Gasteiger partial charge >= 0.3 is 5.97 Å². The number of rotatable bonds is 0. The van der Waals surface area contributed by atoms with Gasteiger partial charge in [0, 0.05) is 22.7 Å². The number of ketones is 1. The van der Waals surface area contributed by atoms with Crippen molar-refractivity contribution in [1.82, 2.24) is 0 Å². The maximum absolute atomic E-state index is 12.5. The molecule has 0 unspecified atom stereocenters. The van der Waals surface area contributed by atoms with E-state index >= 15 is 0 Å². The zero-order valence-corrected chi connectivity index (χ0v) is 15.3. The summed E-state index contributed by atoms with van der Waals surface area (Å²) in [6.07, 6.45) is -1.36. The molecular formula is C20H24O7. The number of carbonyl (C=O) groups excluding carboxylic acids is 2. The van der Waals surface area contributed by atoms with Gasteiger partial charge in [-0.25, -0.2) is 0 Å². The molecule has 2 saturated carbocycles. The molecule has 2 aliphatic heterocycles. The summed E-state index contributed by atoms with van der Waals surface area (Å²) < 4.78 is 11.5. The van der Waals surface area contributed by atoms with Crippen molar-refractivity contribution < 1.29 is 34.4 Å². The average Bonchev–Trinajstić information content (AvgIpc) is 2.90. The van der Waals surface area contributed by atoms with E-state index < -0.39 is 52.5 Å². The SMILES string of the molecule is C=C1[C@H]2CC(=O)O[C@H]3C[C@H]4C(C)=CC(=O)[C@H](O)[C@]4(C)[C@H]4[C@](O)(OC[C@@]324)[C@H]1O. The Morgan fingerprint density at radius 1 is 1.22 bits per heavy atom. The second-order valence-electron chi connectivity index (χ2n) is 9.15. The third kappa shape index (κ3) is 1.69. The summed E-state index contributed by atoms with van der Waals surface area (Å²) in [5.74, 6) is -4.25. The normalized spacial score (nSPS) is 56.2. The van der Waals surface area contributed by atoms with Gasteiger partial charge in [0.25, 0.3) is 0 Å². The number of carbonyl (C=O) groups is 2. The number of allylic oxidation sites excluding steroid dienone is 1. The van der Waals surface area contributed by atoms with Gasteiger partial charge in [0.1, 0.15) is 18.3 Å². The van der Waals surface area contributed by atoms with Crippen molar-refractivity contribution in [2.45, 2.75) is 50.8 Å². The van der Waals surface area contributed by atoms with E-state index in [1.807, 2.05) is 6.92 Å². The molecule has 2 bridgehead atoms. The maximum atomic E-state index is 12.5. The highest BCUT2D eigenvalue weighted by Gasteiger charge is 2.81. The molecule has 0 aromatic rings. The first kappa shape index (κ1) is 17.6. The summed E-state index contributed by atoms with van der Waals surface area (Å²) in [7, 11) is 0. The van der Waals surface area contributed by atoms with Crippen LogP contribution in [0.5, 0.6) is 0 Å². The number of ether oxygens (including phenoxy) is 2. The topological polar surface area (TPSA) is 113 Å². The molecule has 0 radical (unpaired) electrons. The summed E-state index contributed by atoms with van der Waals surface area (Å²) >= 11 is 0. The molecule has 1 spiro atoms. The lowest BCUT2D eigenvalue weighted by atomic mass is 9.39. The van der Waals surface area contributed by atoms with Gasteiger partial charge in [0.05, 0.1) is 13.0 Å². The van der Waals surface area contributed by atoms with Crippen LogP contribution in [0, 0.1) is 28.6 Å². The second kappa shape index (κ2) is 4.89. The summed E-state index contributed by atoms with van der Waals surface area (Å²) in [4.78, 5) is 24.8. The number of esters is 1. The highest BCUT2D eigenvalue weighted by molar-refractivity contribution is 5.96. The molecule has 3 aliphatic carbocycles. The maximum Gasteiger partial charge on any atom is 0.306 e. The molecule has 5 rings (SSSR count). The number of aliphatic hydroxyl groups is 3. The highest BCUT2D eigenvalue weighted by Crippen LogP contribution is 2.73. The Morgan fingerprint density at radius 2 is 1.93 bits per heavy atom. The Labute approximate surface area is 156 Å². The summed E-state index contributed by atoms with van der Waals surface area (Å²) in [6.45, 7) is 7.64. The standard InChI is InChI=1S/C20H24O7/c1-8-4-12(21)16(24)18(3)10(8)5-13-19-7-26-20(25,17(18)19)15(23)9(2)11(19)6-14(22)27-13/h4,10-11,13,15-17,23-25H,2,5-7H2,1,3H3/t10-,11+,13-,15-,16-,17+,18+,19-,20+/m0/s1. The Hall–Kier alpha value is -1.54. The van der Waals surface area contributed by atoms with Gasteiger partial charge in [0.2, 0.25) is 0 Å². The molecule has 7 nitrogen and oxygen atoms in total. The van der Waals surface area contributed by atoms with Crippen LogP contribution in [0.1, 0.15) is 26.7 Å². The van der Waals surface area contributed by atoms with Crippen LogP contribution in [0.4, 0.5) is 0 Å². The monoisotopic (exact) mass is 376 g/mol. The van der Waals surface area contributed by atoms with E-state index in [0.717, 1.165) is 5.57 Å². The van der Waals surface area contributed by atoms with E-state index in [1.165, 1.54) is 6.08 Å². The van der Waals surface area contributed by atoms with E-state index in [9.17, 15) is 24.9 Å². The van der Waals surface area contributed by atoms with Gasteiger partial charge < -0.3 is 24.8 Å². The van der Waals surface area contributed by atoms with Gasteiger partial charge in [-0.3, -0.25) is 9.59 Å². The van der Waals surface area contributed by atoms with E-state index in [2.05, 4.69) is 6.58 Å². The molecule has 0 amide bonds. The minimum absolute atomic E-state index is 0.0436. The summed E-state index contributed by atoms with van der Waals surface area (Å²) in [5, 5.41) is 33.3. The van der Waals surface area contributed by atoms with E-state index in [0.29, 0.717) is 12.0 Å². The highest BCUT2D eigenvalue weighted by atomic mass is 16.6. The minimum Gasteiger partial charge on any atom is -0.462 e. The number of hydrogen-bond donors (Lipinski definition) is 3. The molecule has 0 aromatic carbocycles. The van der Waals surface area contributed by atoms with Gasteiger partial charge in [-0.15, -0.1) is 0 Å². The average molecular weight is 376 g/mol. The third-order valence-corrected chi connectivity index (χ3v) is 8.19. The van der Waals surface area contributed by atoms with Crippen molar-refractivity contribution in [3.63, 3.8) is 0 Å². The van der Waals surface area contributed by atoms with E-state index in [4.69, 9.17) is 9.47 Å². The van der Waals surface area contributed by atoms with E-state index in [1.54, 1.807) is 6.92 Å². The third-order valence-electron chi connectivity index (χ3n) is 8.19. The predicted molar refractivity (Wildman–Crippen MR) is 90.9 cm³/mol. The second-order valence-corrected chi connectivity index (χ2v) is 9.15. The molecule has 2 heterocycles. The molecule has 0 aromatic heterocycles. The van der Waals surface area contributed by atoms with Crippen molar-refractivity contribution in [1.29, 1.82) is 0 Å². The van der Waals surface area contributed by atoms with Gasteiger partial charge in [-0.05, 0) is 30.9 Å². The smallest absolute Gasteiger partial charge is 0.306 e. The largest absolute Gasteiger partial charge is 0.462 e. The Balaban J connectivity index is 1.79. The Kier molecular flexibility index (Phi) is 3.18. The first-order valence-corrected chi connectivity index (χ1v) is 9.41. The van der Waals surface area contributed by atoms with Crippen molar-refractivity contribution in [3.8, 4) is 0 Å². The molecule has 7 heteroatoms. The molecule has 9 atom stereocenters. The fourth-order valence-electron chi connectivity index (χ4n) is 7.14. The van der Waals surface area contributed by atoms with E-state index in [-0.39, 0.29) is 24.9 Å². The lowest BCUT2D eigenvalue weighted by Crippen LogP contribution is -2.74. The van der Waals surface area contributed by atoms with Crippen molar-refractivity contribution in [2.75, 3.05) is 6.61 Å². The minimum atomic E-state index is -1.98. The van der Waals surface area contributed by atoms with Crippen LogP contribution >= 0.6 is 0 Å². The zero-order chi connectivity index (χ0) is 19.5. The van der Waals surface area contributed by atoms with Crippen molar-refractivity contribution in [3.05, 3.63) is 23.8 Å². The Bertz CT molecular complexity index is 817. The first-order chi connectivity index (χ1) is 12.6. The van der Waals surface area contributed by atoms with Crippen LogP contribution in [0.25, 0.3) is 0 Å². The fourth-order valence-corrected chi connectivity index (χ4v) is 7.14. The van der Waals surface area contributed by atoms with Gasteiger partial charge in [-0.1, -0.05) is 19.1 Å². The Morgan fingerprint density at radius 3 is 2.63 bits per heavy atom. The molecule has 5 aliphatic rings. The summed E-state index contributed by atoms with van der Waals surface area (Å²) in [6, 6.07) is 0. The molecule has 146 valence electrons. The fraction of sp³-hybridized carbons (Fsp3) is 0.700. The molecule has 4 fully saturated rings. The molecule has 3 N–H and O–H groups in total. The van der Waals surface area contributed by atoms with Crippen LogP contribution in [0.2, 0.25) is 0 Å². The number of hydrogen-bond acceptors (Lipinski definition) is 7. The predicted octanol–water partition coefficient (Wildman–Crippen LogP) is 0.0863. The van der Waals surface area contributed by atoms with Crippen LogP contribution in [-0.4, -0.2) is 57.8 Å². The molecule has 27 heavy (non-hydrogen) atoms. The number of fused-ring (bicyclic) bond motifs is 1. The van der Waals surface area contributed by atoms with Gasteiger partial charge in [-0.2, -0.15) is 0 Å². The van der Waals surface area contributed by atoms with Gasteiger partial charge in [0.15, 0.2) is 11.6 Å². The van der Waals surface area contributed by atoms with Crippen molar-refractivity contribution >= 4 is 11.8 Å². The molecule has 2 saturated heterocycles. The van der Waals surface area contributed by atoms with Crippen LogP contribution in [0.15, 0.2) is 23.8 Å². The van der Waals surface area contributed by atoms with Crippen LogP contribution < -0.4 is 0 Å². The van der Waals surface area contributed by atoms with Crippen LogP contribution in [-0.2, 0) is 19.1 Å². The summed E-state index contributed by atoms with van der Waals surface area (Å²) in [5.41, 5.74) is -0.730. The lowest BCUT2D eigenvalue weighted by Gasteiger charge is -2.66. The first-order valence-electron chi connectivity index (χ1n) is 9.41. The number of aliphatic hydroxyl groups excluding tert-OH is 2. The lowest BCUT2D eigenvalue weighted by molar-refractivity contribution is -0.305. The van der Waals surface area contributed by atoms with Crippen molar-refractivity contribution in [2.24, 2.45) is 28.6 Å². The molecular weight excluding hydrogens is 352 g/mol. The van der Waals surface area contributed by atoms with Crippen LogP contribution in [0.3, 0.4) is 0 Å².